The lowest BCUT2D eigenvalue weighted by molar-refractivity contribution is -0.144. The van der Waals surface area contributed by atoms with E-state index in [1.165, 1.54) is 16.8 Å². The Morgan fingerprint density at radius 2 is 2.28 bits per heavy atom. The first-order valence-corrected chi connectivity index (χ1v) is 8.26. The van der Waals surface area contributed by atoms with Gasteiger partial charge in [0, 0.05) is 17.9 Å². The zero-order valence-electron chi connectivity index (χ0n) is 13.8. The largest absolute Gasteiger partial charge is 0.465 e. The summed E-state index contributed by atoms with van der Waals surface area (Å²) in [4.78, 5) is 23.9. The molecule has 2 aromatic rings. The number of aromatic nitrogens is 2. The predicted octanol–water partition coefficient (Wildman–Crippen LogP) is 3.02. The van der Waals surface area contributed by atoms with Gasteiger partial charge in [0.1, 0.15) is 18.2 Å². The minimum atomic E-state index is -0.513. The normalized spacial score (nSPS) is 16.3. The van der Waals surface area contributed by atoms with Crippen LogP contribution in [-0.4, -0.2) is 28.3 Å². The van der Waals surface area contributed by atoms with Crippen molar-refractivity contribution >= 4 is 29.3 Å². The Morgan fingerprint density at radius 1 is 1.52 bits per heavy atom. The van der Waals surface area contributed by atoms with Crippen LogP contribution in [0, 0.1) is 12.7 Å². The lowest BCUT2D eigenvalue weighted by Gasteiger charge is -2.24. The molecule has 132 valence electrons. The molecule has 1 N–H and O–H groups in total. The van der Waals surface area contributed by atoms with Gasteiger partial charge in [-0.1, -0.05) is 17.7 Å². The predicted molar refractivity (Wildman–Crippen MR) is 90.1 cm³/mol. The Labute approximate surface area is 148 Å². The summed E-state index contributed by atoms with van der Waals surface area (Å²) in [5.41, 5.74) is 2.21. The van der Waals surface area contributed by atoms with Gasteiger partial charge in [0.05, 0.1) is 17.3 Å². The fraction of sp³-hybridized carbons (Fsp3) is 0.353. The highest BCUT2D eigenvalue weighted by Crippen LogP contribution is 2.40. The summed E-state index contributed by atoms with van der Waals surface area (Å²) in [6.07, 6.45) is 0.195. The molecular formula is C17H17ClFN3O3. The number of amides is 1. The number of fused-ring (bicyclic) bond motifs is 1. The third-order valence-electron chi connectivity index (χ3n) is 4.10. The van der Waals surface area contributed by atoms with Crippen LogP contribution in [0.4, 0.5) is 10.2 Å². The third kappa shape index (κ3) is 3.37. The van der Waals surface area contributed by atoms with Crippen LogP contribution < -0.4 is 5.32 Å². The summed E-state index contributed by atoms with van der Waals surface area (Å²) in [6, 6.07) is 4.41. The molecule has 0 fully saturated rings. The number of nitrogens with zero attached hydrogens (tertiary/aromatic N) is 2. The number of hydrogen-bond donors (Lipinski definition) is 1. The standard InChI is InChI=1S/C17H17ClFN3O3/c1-3-25-15(24)8-22-17-16(9(2)21-22)11(7-14(23)20-17)10-4-5-13(19)12(18)6-10/h4-6,11H,3,7-8H2,1-2H3,(H,20,23)/t11-/m0/s1. The molecule has 6 nitrogen and oxygen atoms in total. The van der Waals surface area contributed by atoms with Crippen molar-refractivity contribution in [3.05, 3.63) is 45.9 Å². The van der Waals surface area contributed by atoms with Gasteiger partial charge in [-0.15, -0.1) is 0 Å². The van der Waals surface area contributed by atoms with Crippen molar-refractivity contribution in [2.24, 2.45) is 0 Å². The van der Waals surface area contributed by atoms with Crippen molar-refractivity contribution in [2.45, 2.75) is 32.7 Å². The van der Waals surface area contributed by atoms with Crippen LogP contribution in [0.3, 0.4) is 0 Å². The van der Waals surface area contributed by atoms with Crippen LogP contribution in [0.25, 0.3) is 0 Å². The Bertz CT molecular complexity index is 850. The van der Waals surface area contributed by atoms with Gasteiger partial charge in [-0.25, -0.2) is 9.07 Å². The van der Waals surface area contributed by atoms with Crippen molar-refractivity contribution < 1.29 is 18.7 Å². The molecule has 8 heteroatoms. The summed E-state index contributed by atoms with van der Waals surface area (Å²) in [7, 11) is 0. The van der Waals surface area contributed by atoms with Gasteiger partial charge >= 0.3 is 5.97 Å². The molecule has 0 aliphatic carbocycles. The molecule has 0 spiro atoms. The first-order valence-electron chi connectivity index (χ1n) is 7.88. The van der Waals surface area contributed by atoms with Crippen LogP contribution in [0.1, 0.15) is 36.1 Å². The average molecular weight is 366 g/mol. The molecule has 0 radical (unpaired) electrons. The summed E-state index contributed by atoms with van der Waals surface area (Å²) >= 11 is 5.89. The highest BCUT2D eigenvalue weighted by atomic mass is 35.5. The number of ether oxygens (including phenoxy) is 1. The van der Waals surface area contributed by atoms with Crippen LogP contribution >= 0.6 is 11.6 Å². The maximum Gasteiger partial charge on any atom is 0.327 e. The number of anilines is 1. The van der Waals surface area contributed by atoms with Crippen molar-refractivity contribution in [2.75, 3.05) is 11.9 Å². The van der Waals surface area contributed by atoms with E-state index in [1.54, 1.807) is 19.9 Å². The fourth-order valence-corrected chi connectivity index (χ4v) is 3.26. The van der Waals surface area contributed by atoms with Crippen LogP contribution in [0.5, 0.6) is 0 Å². The number of aryl methyl sites for hydroxylation is 1. The molecule has 0 saturated carbocycles. The summed E-state index contributed by atoms with van der Waals surface area (Å²) in [5.74, 6) is -0.998. The van der Waals surface area contributed by atoms with E-state index in [-0.39, 0.29) is 36.4 Å². The van der Waals surface area contributed by atoms with Crippen LogP contribution in [0.2, 0.25) is 5.02 Å². The van der Waals surface area contributed by atoms with E-state index < -0.39 is 11.8 Å². The van der Waals surface area contributed by atoms with Crippen molar-refractivity contribution in [1.82, 2.24) is 9.78 Å². The lowest BCUT2D eigenvalue weighted by Crippen LogP contribution is -2.26. The van der Waals surface area contributed by atoms with E-state index in [4.69, 9.17) is 16.3 Å². The van der Waals surface area contributed by atoms with Gasteiger partial charge in [-0.2, -0.15) is 5.10 Å². The lowest BCUT2D eigenvalue weighted by atomic mass is 9.86. The molecule has 2 heterocycles. The van der Waals surface area contributed by atoms with Crippen molar-refractivity contribution in [1.29, 1.82) is 0 Å². The van der Waals surface area contributed by atoms with E-state index in [1.807, 2.05) is 0 Å². The number of rotatable bonds is 4. The second-order valence-corrected chi connectivity index (χ2v) is 6.20. The van der Waals surface area contributed by atoms with Crippen molar-refractivity contribution in [3.63, 3.8) is 0 Å². The molecule has 0 bridgehead atoms. The third-order valence-corrected chi connectivity index (χ3v) is 4.39. The summed E-state index contributed by atoms with van der Waals surface area (Å²) in [6.45, 7) is 3.69. The maximum atomic E-state index is 13.5. The minimum Gasteiger partial charge on any atom is -0.465 e. The Kier molecular flexibility index (Phi) is 4.76. The van der Waals surface area contributed by atoms with Gasteiger partial charge in [-0.3, -0.25) is 9.59 Å². The molecule has 0 saturated heterocycles. The van der Waals surface area contributed by atoms with E-state index in [0.717, 1.165) is 11.1 Å². The number of nitrogens with one attached hydrogen (secondary N) is 1. The second kappa shape index (κ2) is 6.84. The Hall–Kier alpha value is -2.41. The molecule has 25 heavy (non-hydrogen) atoms. The molecule has 1 atom stereocenters. The number of halogens is 2. The monoisotopic (exact) mass is 365 g/mol. The number of carbonyl (C=O) groups is 2. The van der Waals surface area contributed by atoms with Crippen molar-refractivity contribution in [3.8, 4) is 0 Å². The number of carbonyl (C=O) groups excluding carboxylic acids is 2. The highest BCUT2D eigenvalue weighted by molar-refractivity contribution is 6.30. The Balaban J connectivity index is 2.03. The first-order chi connectivity index (χ1) is 11.9. The SMILES string of the molecule is CCOC(=O)Cn1nc(C)c2c1NC(=O)C[C@H]2c1ccc(F)c(Cl)c1. The average Bonchev–Trinajstić information content (AvgIpc) is 2.85. The van der Waals surface area contributed by atoms with Crippen LogP contribution in [0.15, 0.2) is 18.2 Å². The van der Waals surface area contributed by atoms with Crippen LogP contribution in [-0.2, 0) is 20.9 Å². The molecule has 1 aromatic carbocycles. The quantitative estimate of drug-likeness (QED) is 0.845. The summed E-state index contributed by atoms with van der Waals surface area (Å²) < 4.78 is 19.8. The number of esters is 1. The molecule has 1 aromatic heterocycles. The van der Waals surface area contributed by atoms with Gasteiger partial charge in [0.25, 0.3) is 0 Å². The topological polar surface area (TPSA) is 73.2 Å². The zero-order chi connectivity index (χ0) is 18.1. The van der Waals surface area contributed by atoms with Gasteiger partial charge in [0.15, 0.2) is 0 Å². The zero-order valence-corrected chi connectivity index (χ0v) is 14.6. The molecule has 1 aliphatic heterocycles. The van der Waals surface area contributed by atoms with E-state index >= 15 is 0 Å². The first kappa shape index (κ1) is 17.4. The fourth-order valence-electron chi connectivity index (χ4n) is 3.07. The second-order valence-electron chi connectivity index (χ2n) is 5.79. The van der Waals surface area contributed by atoms with Gasteiger partial charge < -0.3 is 10.1 Å². The van der Waals surface area contributed by atoms with E-state index in [2.05, 4.69) is 10.4 Å². The molecule has 3 rings (SSSR count). The smallest absolute Gasteiger partial charge is 0.327 e. The van der Waals surface area contributed by atoms with E-state index in [0.29, 0.717) is 11.5 Å². The highest BCUT2D eigenvalue weighted by Gasteiger charge is 2.33. The maximum absolute atomic E-state index is 13.5. The number of benzene rings is 1. The van der Waals surface area contributed by atoms with E-state index in [9.17, 15) is 14.0 Å². The number of hydrogen-bond acceptors (Lipinski definition) is 4. The molecular weight excluding hydrogens is 349 g/mol. The van der Waals surface area contributed by atoms with Gasteiger partial charge in [0.2, 0.25) is 5.91 Å². The van der Waals surface area contributed by atoms with Gasteiger partial charge in [-0.05, 0) is 31.5 Å². The minimum absolute atomic E-state index is 0.00148. The molecule has 1 amide bonds. The summed E-state index contributed by atoms with van der Waals surface area (Å²) in [5, 5.41) is 7.13. The Morgan fingerprint density at radius 3 is 2.96 bits per heavy atom. The molecule has 1 aliphatic rings. The molecule has 0 unspecified atom stereocenters.